The van der Waals surface area contributed by atoms with Crippen molar-refractivity contribution in [3.05, 3.63) is 0 Å². The van der Waals surface area contributed by atoms with E-state index in [1.54, 1.807) is 0 Å². The molecule has 0 aromatic rings. The Morgan fingerprint density at radius 1 is 1.40 bits per heavy atom. The zero-order valence-corrected chi connectivity index (χ0v) is 9.89. The summed E-state index contributed by atoms with van der Waals surface area (Å²) in [6.45, 7) is 4.77. The van der Waals surface area contributed by atoms with E-state index in [9.17, 15) is 8.42 Å². The lowest BCUT2D eigenvalue weighted by atomic mass is 10.3. The molecule has 15 heavy (non-hydrogen) atoms. The van der Waals surface area contributed by atoms with Gasteiger partial charge in [-0.1, -0.05) is 13.3 Å². The first-order valence-corrected chi connectivity index (χ1v) is 7.05. The van der Waals surface area contributed by atoms with Crippen LogP contribution < -0.4 is 10.0 Å². The average Bonchev–Trinajstić information content (AvgIpc) is 2.97. The molecule has 88 valence electrons. The van der Waals surface area contributed by atoms with Gasteiger partial charge >= 0.3 is 0 Å². The van der Waals surface area contributed by atoms with Crippen LogP contribution in [0.25, 0.3) is 0 Å². The van der Waals surface area contributed by atoms with E-state index in [-0.39, 0.29) is 6.04 Å². The highest BCUT2D eigenvalue weighted by molar-refractivity contribution is 7.87. The first-order chi connectivity index (χ1) is 7.13. The molecule has 1 saturated carbocycles. The first-order valence-electron chi connectivity index (χ1n) is 5.61. The fourth-order valence-electron chi connectivity index (χ4n) is 1.99. The average molecular weight is 233 g/mol. The number of rotatable bonds is 4. The topological polar surface area (TPSA) is 61.4 Å². The highest BCUT2D eigenvalue weighted by Crippen LogP contribution is 2.33. The summed E-state index contributed by atoms with van der Waals surface area (Å²) in [5, 5.41) is 3.14. The minimum atomic E-state index is -3.22. The Kier molecular flexibility index (Phi) is 3.30. The van der Waals surface area contributed by atoms with Crippen LogP contribution in [0.2, 0.25) is 0 Å². The van der Waals surface area contributed by atoms with E-state index < -0.39 is 10.2 Å². The molecular weight excluding hydrogens is 214 g/mol. The second-order valence-electron chi connectivity index (χ2n) is 4.28. The Morgan fingerprint density at radius 3 is 2.60 bits per heavy atom. The predicted molar refractivity (Wildman–Crippen MR) is 58.7 cm³/mol. The van der Waals surface area contributed by atoms with Crippen molar-refractivity contribution in [2.24, 2.45) is 5.92 Å². The van der Waals surface area contributed by atoms with Crippen LogP contribution in [0.4, 0.5) is 0 Å². The molecule has 1 aliphatic carbocycles. The molecule has 1 aliphatic heterocycles. The zero-order valence-electron chi connectivity index (χ0n) is 9.07. The number of hydrogen-bond donors (Lipinski definition) is 2. The molecule has 0 spiro atoms. The summed E-state index contributed by atoms with van der Waals surface area (Å²) in [5.74, 6) is 0.558. The van der Waals surface area contributed by atoms with E-state index in [0.717, 1.165) is 25.9 Å². The van der Waals surface area contributed by atoms with Crippen molar-refractivity contribution in [1.82, 2.24) is 14.3 Å². The van der Waals surface area contributed by atoms with Gasteiger partial charge < -0.3 is 5.32 Å². The smallest absolute Gasteiger partial charge is 0.279 e. The summed E-state index contributed by atoms with van der Waals surface area (Å²) in [6.07, 6.45) is 2.07. The largest absolute Gasteiger partial charge is 0.314 e. The molecule has 0 radical (unpaired) electrons. The van der Waals surface area contributed by atoms with Crippen molar-refractivity contribution in [3.63, 3.8) is 0 Å². The summed E-state index contributed by atoms with van der Waals surface area (Å²) in [6, 6.07) is 0.190. The van der Waals surface area contributed by atoms with Gasteiger partial charge in [-0.05, 0) is 12.3 Å². The third-order valence-corrected chi connectivity index (χ3v) is 4.81. The molecule has 0 aromatic heterocycles. The maximum Gasteiger partial charge on any atom is 0.279 e. The lowest BCUT2D eigenvalue weighted by Crippen LogP contribution is -2.51. The van der Waals surface area contributed by atoms with Gasteiger partial charge in [-0.3, -0.25) is 0 Å². The Bertz CT molecular complexity index is 311. The van der Waals surface area contributed by atoms with E-state index in [1.807, 2.05) is 0 Å². The zero-order chi connectivity index (χ0) is 10.9. The fourth-order valence-corrected chi connectivity index (χ4v) is 3.48. The normalized spacial score (nSPS) is 32.9. The van der Waals surface area contributed by atoms with Gasteiger partial charge in [-0.2, -0.15) is 17.4 Å². The molecule has 2 unspecified atom stereocenters. The molecule has 6 heteroatoms. The molecule has 2 aliphatic rings. The van der Waals surface area contributed by atoms with Gasteiger partial charge in [-0.15, -0.1) is 0 Å². The molecular formula is C9H19N3O2S. The Balaban J connectivity index is 1.88. The van der Waals surface area contributed by atoms with Gasteiger partial charge in [0.2, 0.25) is 0 Å². The van der Waals surface area contributed by atoms with Crippen molar-refractivity contribution in [1.29, 1.82) is 0 Å². The van der Waals surface area contributed by atoms with E-state index in [0.29, 0.717) is 19.0 Å². The van der Waals surface area contributed by atoms with Crippen molar-refractivity contribution in [2.75, 3.05) is 26.2 Å². The molecule has 0 bridgehead atoms. The van der Waals surface area contributed by atoms with Crippen LogP contribution in [0, 0.1) is 5.92 Å². The van der Waals surface area contributed by atoms with E-state index in [1.165, 1.54) is 4.31 Å². The molecule has 2 rings (SSSR count). The van der Waals surface area contributed by atoms with Crippen LogP contribution in [0.1, 0.15) is 19.8 Å². The van der Waals surface area contributed by atoms with Crippen LogP contribution in [0.3, 0.4) is 0 Å². The Morgan fingerprint density at radius 2 is 2.07 bits per heavy atom. The number of nitrogens with zero attached hydrogens (tertiary/aromatic N) is 1. The summed E-state index contributed by atoms with van der Waals surface area (Å²) in [5.41, 5.74) is 0. The quantitative estimate of drug-likeness (QED) is 0.690. The molecule has 2 N–H and O–H groups in total. The van der Waals surface area contributed by atoms with Gasteiger partial charge in [0.15, 0.2) is 0 Å². The summed E-state index contributed by atoms with van der Waals surface area (Å²) < 4.78 is 28.1. The molecule has 1 heterocycles. The highest BCUT2D eigenvalue weighted by Gasteiger charge is 2.39. The van der Waals surface area contributed by atoms with E-state index >= 15 is 0 Å². The van der Waals surface area contributed by atoms with Crippen LogP contribution in [0.15, 0.2) is 0 Å². The van der Waals surface area contributed by atoms with Gasteiger partial charge in [0, 0.05) is 32.2 Å². The van der Waals surface area contributed by atoms with Crippen molar-refractivity contribution >= 4 is 10.2 Å². The van der Waals surface area contributed by atoms with Gasteiger partial charge in [0.05, 0.1) is 0 Å². The van der Waals surface area contributed by atoms with Crippen LogP contribution >= 0.6 is 0 Å². The van der Waals surface area contributed by atoms with Gasteiger partial charge in [0.1, 0.15) is 0 Å². The molecule has 0 amide bonds. The lowest BCUT2D eigenvalue weighted by molar-refractivity contribution is 0.354. The number of nitrogens with one attached hydrogen (secondary N) is 2. The molecule has 0 aromatic carbocycles. The summed E-state index contributed by atoms with van der Waals surface area (Å²) in [4.78, 5) is 0. The number of hydrogen-bond acceptors (Lipinski definition) is 3. The van der Waals surface area contributed by atoms with Crippen molar-refractivity contribution < 1.29 is 8.42 Å². The third kappa shape index (κ3) is 2.69. The van der Waals surface area contributed by atoms with Crippen LogP contribution in [-0.2, 0) is 10.2 Å². The van der Waals surface area contributed by atoms with E-state index in [2.05, 4.69) is 17.0 Å². The molecule has 5 nitrogen and oxygen atoms in total. The highest BCUT2D eigenvalue weighted by atomic mass is 32.2. The minimum Gasteiger partial charge on any atom is -0.314 e. The standard InChI is InChI=1S/C9H19N3O2S/c1-2-8-7-9(8)11-15(13,14)12-5-3-10-4-6-12/h8-11H,2-7H2,1H3. The fraction of sp³-hybridized carbons (Fsp3) is 1.00. The lowest BCUT2D eigenvalue weighted by Gasteiger charge is -2.26. The second kappa shape index (κ2) is 4.37. The predicted octanol–water partition coefficient (Wildman–Crippen LogP) is -0.475. The van der Waals surface area contributed by atoms with Gasteiger partial charge in [-0.25, -0.2) is 0 Å². The monoisotopic (exact) mass is 233 g/mol. The minimum absolute atomic E-state index is 0.190. The molecule has 2 atom stereocenters. The van der Waals surface area contributed by atoms with Crippen LogP contribution in [0.5, 0.6) is 0 Å². The van der Waals surface area contributed by atoms with E-state index in [4.69, 9.17) is 0 Å². The van der Waals surface area contributed by atoms with Crippen molar-refractivity contribution in [2.45, 2.75) is 25.8 Å². The first kappa shape index (κ1) is 11.3. The maximum absolute atomic E-state index is 11.9. The SMILES string of the molecule is CCC1CC1NS(=O)(=O)N1CCNCC1. The van der Waals surface area contributed by atoms with Crippen LogP contribution in [-0.4, -0.2) is 44.9 Å². The summed E-state index contributed by atoms with van der Waals surface area (Å²) >= 11 is 0. The number of piperazine rings is 1. The molecule has 1 saturated heterocycles. The maximum atomic E-state index is 11.9. The Hall–Kier alpha value is -0.170. The Labute approximate surface area is 91.4 Å². The third-order valence-electron chi connectivity index (χ3n) is 3.16. The van der Waals surface area contributed by atoms with Gasteiger partial charge in [0.25, 0.3) is 10.2 Å². The summed E-state index contributed by atoms with van der Waals surface area (Å²) in [7, 11) is -3.22. The van der Waals surface area contributed by atoms with Crippen molar-refractivity contribution in [3.8, 4) is 0 Å². The second-order valence-corrected chi connectivity index (χ2v) is 5.98. The molecule has 2 fully saturated rings.